The van der Waals surface area contributed by atoms with Crippen LogP contribution in [0.15, 0.2) is 39.9 Å². The van der Waals surface area contributed by atoms with Gasteiger partial charge in [0, 0.05) is 44.5 Å². The average Bonchev–Trinajstić information content (AvgIpc) is 2.83. The Morgan fingerprint density at radius 1 is 1.18 bits per heavy atom. The minimum absolute atomic E-state index is 0.0213. The van der Waals surface area contributed by atoms with Crippen LogP contribution in [0, 0.1) is 10.1 Å². The Morgan fingerprint density at radius 2 is 1.85 bits per heavy atom. The van der Waals surface area contributed by atoms with Gasteiger partial charge in [0.05, 0.1) is 15.9 Å². The first-order chi connectivity index (χ1) is 16.2. The van der Waals surface area contributed by atoms with Crippen LogP contribution >= 0.6 is 0 Å². The number of carbonyl (C=O) groups excluding carboxylic acids is 1. The van der Waals surface area contributed by atoms with Crippen LogP contribution in [0.2, 0.25) is 0 Å². The number of amides is 1. The molecule has 11 nitrogen and oxygen atoms in total. The van der Waals surface area contributed by atoms with Gasteiger partial charge in [-0.3, -0.25) is 29.3 Å². The summed E-state index contributed by atoms with van der Waals surface area (Å²) in [5.74, 6) is -0.352. The van der Waals surface area contributed by atoms with E-state index in [9.17, 15) is 24.5 Å². The number of H-pyrrole nitrogens is 1. The number of nitro benzene ring substituents is 1. The number of fused-ring (bicyclic) bond motifs is 1. The summed E-state index contributed by atoms with van der Waals surface area (Å²) in [5, 5.41) is 11.5. The number of pyridine rings is 1. The zero-order valence-corrected chi connectivity index (χ0v) is 19.3. The summed E-state index contributed by atoms with van der Waals surface area (Å²) in [7, 11) is 0. The van der Waals surface area contributed by atoms with Crippen LogP contribution in [-0.2, 0) is 6.54 Å². The summed E-state index contributed by atoms with van der Waals surface area (Å²) in [6, 6.07) is 8.16. The molecular formula is C23H26N6O5. The molecule has 1 aromatic carbocycles. The van der Waals surface area contributed by atoms with E-state index in [1.165, 1.54) is 10.6 Å². The first-order valence-electron chi connectivity index (χ1n) is 11.2. The van der Waals surface area contributed by atoms with Crippen molar-refractivity contribution in [2.24, 2.45) is 0 Å². The maximum atomic E-state index is 13.6. The van der Waals surface area contributed by atoms with Crippen molar-refractivity contribution >= 4 is 28.3 Å². The monoisotopic (exact) mass is 466 g/mol. The molecule has 0 aliphatic carbocycles. The minimum atomic E-state index is -0.644. The van der Waals surface area contributed by atoms with Gasteiger partial charge in [-0.25, -0.2) is 9.78 Å². The number of carbonyl (C=O) groups is 1. The van der Waals surface area contributed by atoms with Gasteiger partial charge in [0.2, 0.25) is 0 Å². The topological polar surface area (TPSA) is 134 Å². The van der Waals surface area contributed by atoms with Crippen LogP contribution < -0.4 is 16.1 Å². The molecule has 1 saturated heterocycles. The van der Waals surface area contributed by atoms with Crippen molar-refractivity contribution in [1.29, 1.82) is 0 Å². The molecule has 1 aliphatic rings. The number of nitrogens with zero attached hydrogens (tertiary/aromatic N) is 5. The second-order valence-corrected chi connectivity index (χ2v) is 8.48. The fourth-order valence-electron chi connectivity index (χ4n) is 4.26. The van der Waals surface area contributed by atoms with Gasteiger partial charge < -0.3 is 9.80 Å². The van der Waals surface area contributed by atoms with Crippen LogP contribution in [0.1, 0.15) is 42.7 Å². The predicted octanol–water partition coefficient (Wildman–Crippen LogP) is 2.10. The van der Waals surface area contributed by atoms with Crippen LogP contribution in [0.3, 0.4) is 0 Å². The number of aryl methyl sites for hydroxylation is 1. The molecule has 4 rings (SSSR count). The number of aromatic nitrogens is 3. The number of rotatable bonds is 5. The third-order valence-electron chi connectivity index (χ3n) is 6.09. The molecule has 1 amide bonds. The number of aromatic amines is 1. The highest BCUT2D eigenvalue weighted by Gasteiger charge is 2.28. The molecule has 0 spiro atoms. The number of hydrogen-bond donors (Lipinski definition) is 1. The molecule has 3 aromatic rings. The van der Waals surface area contributed by atoms with Gasteiger partial charge in [-0.15, -0.1) is 0 Å². The molecule has 1 aliphatic heterocycles. The number of para-hydroxylation sites is 2. The Hall–Kier alpha value is -4.02. The predicted molar refractivity (Wildman–Crippen MR) is 128 cm³/mol. The van der Waals surface area contributed by atoms with Crippen molar-refractivity contribution in [3.05, 3.63) is 72.5 Å². The maximum Gasteiger partial charge on any atom is 0.329 e. The lowest BCUT2D eigenvalue weighted by molar-refractivity contribution is -0.384. The van der Waals surface area contributed by atoms with E-state index >= 15 is 0 Å². The third-order valence-corrected chi connectivity index (χ3v) is 6.09. The Bertz CT molecular complexity index is 1380. The maximum absolute atomic E-state index is 13.6. The quantitative estimate of drug-likeness (QED) is 0.449. The summed E-state index contributed by atoms with van der Waals surface area (Å²) >= 11 is 0. The molecular weight excluding hydrogens is 440 g/mol. The molecule has 0 radical (unpaired) electrons. The Morgan fingerprint density at radius 3 is 2.47 bits per heavy atom. The van der Waals surface area contributed by atoms with E-state index in [0.29, 0.717) is 44.1 Å². The molecule has 178 valence electrons. The van der Waals surface area contributed by atoms with Gasteiger partial charge in [-0.2, -0.15) is 0 Å². The second kappa shape index (κ2) is 9.08. The van der Waals surface area contributed by atoms with E-state index in [1.54, 1.807) is 36.1 Å². The van der Waals surface area contributed by atoms with Crippen molar-refractivity contribution in [3.8, 4) is 0 Å². The normalized spacial score (nSPS) is 14.1. The fourth-order valence-corrected chi connectivity index (χ4v) is 4.26. The Balaban J connectivity index is 1.70. The number of anilines is 1. The molecule has 0 saturated carbocycles. The zero-order valence-electron chi connectivity index (χ0n) is 19.3. The van der Waals surface area contributed by atoms with Gasteiger partial charge >= 0.3 is 5.69 Å². The molecule has 0 bridgehead atoms. The van der Waals surface area contributed by atoms with Crippen molar-refractivity contribution in [2.45, 2.75) is 33.2 Å². The number of benzene rings is 1. The molecule has 3 heterocycles. The van der Waals surface area contributed by atoms with Crippen LogP contribution in [0.4, 0.5) is 11.4 Å². The molecule has 2 aromatic heterocycles. The Kier molecular flexibility index (Phi) is 6.18. The first-order valence-corrected chi connectivity index (χ1v) is 11.2. The fraction of sp³-hybridized carbons (Fsp3) is 0.391. The van der Waals surface area contributed by atoms with Gasteiger partial charge in [0.25, 0.3) is 17.2 Å². The smallest absolute Gasteiger partial charge is 0.329 e. The summed E-state index contributed by atoms with van der Waals surface area (Å²) in [4.78, 5) is 60.0. The zero-order chi connectivity index (χ0) is 24.6. The number of hydrogen-bond acceptors (Lipinski definition) is 7. The van der Waals surface area contributed by atoms with E-state index in [0.717, 1.165) is 0 Å². The Labute approximate surface area is 194 Å². The second-order valence-electron chi connectivity index (χ2n) is 8.48. The highest BCUT2D eigenvalue weighted by Crippen LogP contribution is 2.29. The van der Waals surface area contributed by atoms with Gasteiger partial charge in [-0.1, -0.05) is 26.0 Å². The third kappa shape index (κ3) is 4.04. The number of piperazine rings is 1. The molecule has 1 N–H and O–H groups in total. The van der Waals surface area contributed by atoms with Crippen molar-refractivity contribution < 1.29 is 9.72 Å². The van der Waals surface area contributed by atoms with E-state index in [-0.39, 0.29) is 34.1 Å². The van der Waals surface area contributed by atoms with E-state index in [1.807, 2.05) is 18.7 Å². The van der Waals surface area contributed by atoms with Crippen LogP contribution in [0.25, 0.3) is 11.0 Å². The van der Waals surface area contributed by atoms with E-state index < -0.39 is 16.2 Å². The highest BCUT2D eigenvalue weighted by atomic mass is 16.6. The lowest BCUT2D eigenvalue weighted by Crippen LogP contribution is -2.49. The average molecular weight is 466 g/mol. The van der Waals surface area contributed by atoms with Crippen LogP contribution in [0.5, 0.6) is 0 Å². The number of nitro groups is 1. The van der Waals surface area contributed by atoms with E-state index in [2.05, 4.69) is 9.97 Å². The minimum Gasteiger partial charge on any atom is -0.362 e. The SMILES string of the molecule is CCn1c(=O)[nH]c(=O)c2c(C(=O)N3CCN(c4ccccc4[N+](=O)[O-])CC3)cc(C(C)C)nc21. The lowest BCUT2D eigenvalue weighted by atomic mass is 10.0. The molecule has 34 heavy (non-hydrogen) atoms. The summed E-state index contributed by atoms with van der Waals surface area (Å²) < 4.78 is 1.35. The van der Waals surface area contributed by atoms with E-state index in [4.69, 9.17) is 0 Å². The standard InChI is InChI=1S/C23H26N6O5/c1-4-28-20-19(21(30)25-23(28)32)15(13-16(24-20)14(2)3)22(31)27-11-9-26(10-12-27)17-7-5-6-8-18(17)29(33)34/h5-8,13-14H,4,9-12H2,1-3H3,(H,25,30,32). The highest BCUT2D eigenvalue weighted by molar-refractivity contribution is 6.05. The van der Waals surface area contributed by atoms with Crippen LogP contribution in [-0.4, -0.2) is 56.4 Å². The van der Waals surface area contributed by atoms with Gasteiger partial charge in [0.1, 0.15) is 5.69 Å². The van der Waals surface area contributed by atoms with Crippen molar-refractivity contribution in [3.63, 3.8) is 0 Å². The summed E-state index contributed by atoms with van der Waals surface area (Å²) in [5.41, 5.74) is 0.342. The molecule has 1 fully saturated rings. The molecule has 11 heteroatoms. The summed E-state index contributed by atoms with van der Waals surface area (Å²) in [6.07, 6.45) is 0. The van der Waals surface area contributed by atoms with Gasteiger partial charge in [0.15, 0.2) is 5.65 Å². The van der Waals surface area contributed by atoms with Crippen molar-refractivity contribution in [2.75, 3.05) is 31.1 Å². The largest absolute Gasteiger partial charge is 0.362 e. The molecule has 0 unspecified atom stereocenters. The molecule has 0 atom stereocenters. The lowest BCUT2D eigenvalue weighted by Gasteiger charge is -2.36. The van der Waals surface area contributed by atoms with Gasteiger partial charge in [-0.05, 0) is 25.0 Å². The van der Waals surface area contributed by atoms with Crippen molar-refractivity contribution in [1.82, 2.24) is 19.4 Å². The first kappa shape index (κ1) is 23.1. The number of nitrogens with one attached hydrogen (secondary N) is 1. The summed E-state index contributed by atoms with van der Waals surface area (Å²) in [6.45, 7) is 7.40.